The molecule has 2 aromatic carbocycles. The van der Waals surface area contributed by atoms with E-state index in [4.69, 9.17) is 9.47 Å². The van der Waals surface area contributed by atoms with Crippen molar-refractivity contribution in [3.8, 4) is 5.75 Å². The molecule has 3 amide bonds. The highest BCUT2D eigenvalue weighted by Gasteiger charge is 2.80. The summed E-state index contributed by atoms with van der Waals surface area (Å²) in [7, 11) is 0. The van der Waals surface area contributed by atoms with Crippen molar-refractivity contribution in [3.63, 3.8) is 0 Å². The molecule has 252 valence electrons. The maximum absolute atomic E-state index is 15.0. The largest absolute Gasteiger partial charge is 0.494 e. The van der Waals surface area contributed by atoms with E-state index in [1.807, 2.05) is 84.0 Å². The molecule has 3 unspecified atom stereocenters. The Bertz CT molecular complexity index is 1540. The molecule has 3 heterocycles. The number of hydrogen-bond donors (Lipinski definition) is 1. The van der Waals surface area contributed by atoms with Crippen molar-refractivity contribution in [2.24, 2.45) is 17.8 Å². The molecule has 2 bridgehead atoms. The van der Waals surface area contributed by atoms with E-state index >= 15 is 4.79 Å². The fourth-order valence-corrected chi connectivity index (χ4v) is 8.24. The van der Waals surface area contributed by atoms with Crippen molar-refractivity contribution in [3.05, 3.63) is 78.9 Å². The van der Waals surface area contributed by atoms with E-state index in [1.165, 1.54) is 0 Å². The first-order chi connectivity index (χ1) is 22.4. The zero-order chi connectivity index (χ0) is 34.3. The number of fused-ring (bicyclic) bond motifs is 1. The summed E-state index contributed by atoms with van der Waals surface area (Å²) >= 11 is 0. The average Bonchev–Trinajstić information content (AvgIpc) is 3.57. The zero-order valence-electron chi connectivity index (χ0n) is 28.6. The van der Waals surface area contributed by atoms with E-state index < -0.39 is 35.1 Å². The van der Waals surface area contributed by atoms with Gasteiger partial charge in [-0.1, -0.05) is 38.1 Å². The minimum absolute atomic E-state index is 0.135. The van der Waals surface area contributed by atoms with Crippen molar-refractivity contribution in [1.29, 1.82) is 0 Å². The van der Waals surface area contributed by atoms with Gasteiger partial charge in [-0.05, 0) is 87.9 Å². The van der Waals surface area contributed by atoms with Crippen molar-refractivity contribution in [2.45, 2.75) is 77.7 Å². The third kappa shape index (κ3) is 5.47. The van der Waals surface area contributed by atoms with Gasteiger partial charge in [0.05, 0.1) is 36.7 Å². The Kier molecular flexibility index (Phi) is 9.71. The molecule has 47 heavy (non-hydrogen) atoms. The van der Waals surface area contributed by atoms with Crippen LogP contribution in [-0.2, 0) is 19.1 Å². The number of likely N-dealkylation sites (tertiary alicyclic amines) is 1. The highest BCUT2D eigenvalue weighted by Crippen LogP contribution is 2.66. The maximum Gasteiger partial charge on any atom is 0.253 e. The van der Waals surface area contributed by atoms with E-state index in [-0.39, 0.29) is 43.3 Å². The molecule has 5 rings (SSSR count). The first-order valence-electron chi connectivity index (χ1n) is 16.7. The number of anilines is 2. The number of aliphatic hydroxyl groups excluding tert-OH is 1. The van der Waals surface area contributed by atoms with E-state index in [0.29, 0.717) is 30.9 Å². The Balaban J connectivity index is 1.64. The Morgan fingerprint density at radius 1 is 1.09 bits per heavy atom. The van der Waals surface area contributed by atoms with Crippen LogP contribution in [0.1, 0.15) is 51.7 Å². The number of nitrogens with zero attached hydrogens (tertiary/aromatic N) is 3. The number of aryl methyl sites for hydroxylation is 2. The van der Waals surface area contributed by atoms with Gasteiger partial charge in [-0.2, -0.15) is 0 Å². The first-order valence-corrected chi connectivity index (χ1v) is 16.7. The molecule has 3 fully saturated rings. The summed E-state index contributed by atoms with van der Waals surface area (Å²) in [6, 6.07) is 11.5. The summed E-state index contributed by atoms with van der Waals surface area (Å²) < 4.78 is 12.6. The lowest BCUT2D eigenvalue weighted by Crippen LogP contribution is -2.59. The van der Waals surface area contributed by atoms with Crippen LogP contribution < -0.4 is 14.5 Å². The lowest BCUT2D eigenvalue weighted by Gasteiger charge is -2.39. The second-order valence-electron chi connectivity index (χ2n) is 13.4. The van der Waals surface area contributed by atoms with Gasteiger partial charge in [-0.25, -0.2) is 0 Å². The van der Waals surface area contributed by atoms with Gasteiger partial charge in [0.2, 0.25) is 11.8 Å². The van der Waals surface area contributed by atoms with Crippen LogP contribution in [0.25, 0.3) is 0 Å². The van der Waals surface area contributed by atoms with Crippen LogP contribution in [0.5, 0.6) is 5.75 Å². The van der Waals surface area contributed by atoms with Gasteiger partial charge in [0.15, 0.2) is 0 Å². The molecule has 1 N–H and O–H groups in total. The molecule has 0 aliphatic carbocycles. The number of hydrogen-bond acceptors (Lipinski definition) is 6. The highest BCUT2D eigenvalue weighted by molar-refractivity contribution is 6.07. The fourth-order valence-electron chi connectivity index (χ4n) is 8.24. The summed E-state index contributed by atoms with van der Waals surface area (Å²) in [5, 5.41) is 10.5. The zero-order valence-corrected chi connectivity index (χ0v) is 28.6. The van der Waals surface area contributed by atoms with Crippen LogP contribution in [0.15, 0.2) is 67.8 Å². The van der Waals surface area contributed by atoms with Crippen LogP contribution in [0.2, 0.25) is 0 Å². The molecule has 2 aromatic rings. The van der Waals surface area contributed by atoms with Gasteiger partial charge in [-0.15, -0.1) is 13.2 Å². The summed E-state index contributed by atoms with van der Waals surface area (Å²) in [4.78, 5) is 49.6. The molecule has 0 aromatic heterocycles. The molecule has 9 heteroatoms. The van der Waals surface area contributed by atoms with Gasteiger partial charge in [0.25, 0.3) is 5.91 Å². The van der Waals surface area contributed by atoms with Gasteiger partial charge >= 0.3 is 0 Å². The molecular formula is C38H49N3O6. The number of carbonyl (C=O) groups is 3. The quantitative estimate of drug-likeness (QED) is 0.301. The van der Waals surface area contributed by atoms with Crippen molar-refractivity contribution in [1.82, 2.24) is 4.90 Å². The second-order valence-corrected chi connectivity index (χ2v) is 13.4. The number of amides is 3. The summed E-state index contributed by atoms with van der Waals surface area (Å²) in [5.74, 6) is -2.12. The van der Waals surface area contributed by atoms with Crippen LogP contribution in [0.3, 0.4) is 0 Å². The molecule has 9 nitrogen and oxygen atoms in total. The normalized spacial score (nSPS) is 28.1. The fraction of sp³-hybridized carbons (Fsp3) is 0.500. The van der Waals surface area contributed by atoms with Crippen LogP contribution in [-0.4, -0.2) is 77.3 Å². The molecule has 3 saturated heterocycles. The molecule has 0 radical (unpaired) electrons. The minimum atomic E-state index is -1.26. The monoisotopic (exact) mass is 643 g/mol. The number of rotatable bonds is 13. The number of benzene rings is 2. The van der Waals surface area contributed by atoms with Crippen LogP contribution in [0, 0.1) is 31.6 Å². The standard InChI is InChI=1S/C38H49N3O6/c1-9-19-39(28-15-17-29(18-16-28)46-12-4)34(43)31-32-35(44)41(27(11-3)23-42)33(38(32)22-26(7)37(31,8)47-38)36(45)40(20-10-2)30-21-24(5)13-14-25(30)6/h9-10,13-18,21,26-27,31-33,42H,1-2,11-12,19-20,22-23H2,3-8H3/t26?,27-,31+,32-,33?,37-,38?/m0/s1. The molecule has 3 aliphatic rings. The summed E-state index contributed by atoms with van der Waals surface area (Å²) in [6.45, 7) is 20.1. The smallest absolute Gasteiger partial charge is 0.253 e. The van der Waals surface area contributed by atoms with E-state index in [9.17, 15) is 14.7 Å². The summed E-state index contributed by atoms with van der Waals surface area (Å²) in [6.07, 6.45) is 4.19. The second kappa shape index (κ2) is 13.3. The summed E-state index contributed by atoms with van der Waals surface area (Å²) in [5.41, 5.74) is 1.01. The third-order valence-electron chi connectivity index (χ3n) is 10.6. The van der Waals surface area contributed by atoms with E-state index in [1.54, 1.807) is 26.9 Å². The van der Waals surface area contributed by atoms with E-state index in [0.717, 1.165) is 16.8 Å². The molecule has 0 saturated carbocycles. The van der Waals surface area contributed by atoms with Crippen molar-refractivity contribution < 1.29 is 29.0 Å². The first kappa shape index (κ1) is 34.4. The number of aliphatic hydroxyl groups is 1. The Morgan fingerprint density at radius 2 is 1.74 bits per heavy atom. The Hall–Kier alpha value is -3.95. The highest BCUT2D eigenvalue weighted by atomic mass is 16.5. The Morgan fingerprint density at radius 3 is 2.34 bits per heavy atom. The van der Waals surface area contributed by atoms with E-state index in [2.05, 4.69) is 13.2 Å². The number of ether oxygens (including phenoxy) is 2. The van der Waals surface area contributed by atoms with Crippen LogP contribution in [0.4, 0.5) is 11.4 Å². The predicted molar refractivity (Wildman–Crippen MR) is 183 cm³/mol. The molecular weight excluding hydrogens is 594 g/mol. The molecule has 7 atom stereocenters. The number of carbonyl (C=O) groups excluding carboxylic acids is 3. The van der Waals surface area contributed by atoms with Gasteiger partial charge in [0, 0.05) is 24.5 Å². The lowest BCUT2D eigenvalue weighted by molar-refractivity contribution is -0.149. The van der Waals surface area contributed by atoms with Gasteiger partial charge < -0.3 is 29.3 Å². The lowest BCUT2D eigenvalue weighted by atomic mass is 9.62. The van der Waals surface area contributed by atoms with Crippen molar-refractivity contribution >= 4 is 29.1 Å². The minimum Gasteiger partial charge on any atom is -0.494 e. The predicted octanol–water partition coefficient (Wildman–Crippen LogP) is 5.22. The topological polar surface area (TPSA) is 99.6 Å². The Labute approximate surface area is 278 Å². The maximum atomic E-state index is 15.0. The van der Waals surface area contributed by atoms with Crippen LogP contribution >= 0.6 is 0 Å². The third-order valence-corrected chi connectivity index (χ3v) is 10.6. The van der Waals surface area contributed by atoms with Crippen molar-refractivity contribution in [2.75, 3.05) is 36.1 Å². The average molecular weight is 644 g/mol. The van der Waals surface area contributed by atoms with Gasteiger partial charge in [0.1, 0.15) is 17.4 Å². The van der Waals surface area contributed by atoms with Gasteiger partial charge in [-0.3, -0.25) is 14.4 Å². The SMILES string of the molecule is C=CCN(C(=O)[C@H]1[C@H]2C(=O)N([C@@H](CC)CO)C(C(=O)N(CC=C)c3cc(C)ccc3C)C23CC(C)[C@]1(C)O3)c1ccc(OCC)cc1. The molecule has 1 spiro atoms. The molecule has 3 aliphatic heterocycles.